The third kappa shape index (κ3) is 11.3. The lowest BCUT2D eigenvalue weighted by Gasteiger charge is -2.43. The van der Waals surface area contributed by atoms with Crippen molar-refractivity contribution in [1.82, 2.24) is 10.6 Å². The summed E-state index contributed by atoms with van der Waals surface area (Å²) in [5.74, 6) is 5.79. The monoisotopic (exact) mass is 597 g/mol. The van der Waals surface area contributed by atoms with Crippen molar-refractivity contribution in [3.05, 3.63) is 0 Å². The van der Waals surface area contributed by atoms with Crippen LogP contribution in [0.5, 0.6) is 0 Å². The molecule has 0 aromatic rings. The van der Waals surface area contributed by atoms with Crippen molar-refractivity contribution in [2.24, 2.45) is 35.5 Å². The minimum absolute atomic E-state index is 0.818. The fourth-order valence-electron chi connectivity index (χ4n) is 11.3. The summed E-state index contributed by atoms with van der Waals surface area (Å²) >= 11 is 0. The molecule has 2 saturated heterocycles. The summed E-state index contributed by atoms with van der Waals surface area (Å²) in [5.41, 5.74) is 0. The summed E-state index contributed by atoms with van der Waals surface area (Å²) in [6.45, 7) is 2.59. The standard InChI is InChI=1S/C41H76N2/c1-4-12-22-36-24-14-6-3-10-18-32-42-40(36)38(30-16-7-1)34-26-20-28-35(29-21-27-34)39-31-17-8-2-5-13-23-37-25-15-9-11-19-33-43-41(37)39/h34-43H,1-33H2. The Balaban J connectivity index is 1.26. The van der Waals surface area contributed by atoms with E-state index in [4.69, 9.17) is 0 Å². The van der Waals surface area contributed by atoms with Crippen LogP contribution < -0.4 is 10.6 Å². The predicted octanol–water partition coefficient (Wildman–Crippen LogP) is 11.8. The average molecular weight is 597 g/mol. The molecule has 0 aromatic carbocycles. The summed E-state index contributed by atoms with van der Waals surface area (Å²) in [6.07, 6.45) is 46.5. The molecular weight excluding hydrogens is 520 g/mol. The van der Waals surface area contributed by atoms with Crippen molar-refractivity contribution in [1.29, 1.82) is 0 Å². The Bertz CT molecular complexity index is 690. The highest BCUT2D eigenvalue weighted by atomic mass is 14.9. The fraction of sp³-hybridized carbons (Fsp3) is 1.00. The van der Waals surface area contributed by atoms with Gasteiger partial charge in [-0.1, -0.05) is 148 Å². The molecule has 2 nitrogen and oxygen atoms in total. The summed E-state index contributed by atoms with van der Waals surface area (Å²) in [6, 6.07) is 1.64. The van der Waals surface area contributed by atoms with Crippen LogP contribution >= 0.6 is 0 Å². The Kier molecular flexibility index (Phi) is 16.1. The normalized spacial score (nSPS) is 39.6. The molecule has 0 bridgehead atoms. The number of nitrogens with one attached hydrogen (secondary N) is 2. The van der Waals surface area contributed by atoms with Crippen molar-refractivity contribution in [3.8, 4) is 0 Å². The van der Waals surface area contributed by atoms with E-state index < -0.39 is 0 Å². The Morgan fingerprint density at radius 2 is 0.512 bits per heavy atom. The van der Waals surface area contributed by atoms with Crippen LogP contribution in [0.15, 0.2) is 0 Å². The first-order valence-corrected chi connectivity index (χ1v) is 20.9. The number of hydrogen-bond donors (Lipinski definition) is 2. The van der Waals surface area contributed by atoms with Gasteiger partial charge in [0.1, 0.15) is 0 Å². The lowest BCUT2D eigenvalue weighted by molar-refractivity contribution is 0.105. The number of rotatable bonds is 2. The molecule has 250 valence electrons. The van der Waals surface area contributed by atoms with Crippen molar-refractivity contribution in [2.75, 3.05) is 13.1 Å². The Labute approximate surface area is 269 Å². The topological polar surface area (TPSA) is 24.1 Å². The second-order valence-corrected chi connectivity index (χ2v) is 16.6. The van der Waals surface area contributed by atoms with Gasteiger partial charge in [0, 0.05) is 12.1 Å². The van der Waals surface area contributed by atoms with Gasteiger partial charge in [0.15, 0.2) is 0 Å². The van der Waals surface area contributed by atoms with E-state index in [1.54, 1.807) is 25.7 Å². The lowest BCUT2D eigenvalue weighted by atomic mass is 9.66. The maximum atomic E-state index is 4.31. The first-order chi connectivity index (χ1) is 21.4. The molecule has 6 atom stereocenters. The van der Waals surface area contributed by atoms with Gasteiger partial charge in [0.25, 0.3) is 0 Å². The van der Waals surface area contributed by atoms with E-state index >= 15 is 0 Å². The predicted molar refractivity (Wildman–Crippen MR) is 188 cm³/mol. The number of hydrogen-bond acceptors (Lipinski definition) is 2. The molecule has 43 heavy (non-hydrogen) atoms. The zero-order valence-electron chi connectivity index (χ0n) is 29.0. The van der Waals surface area contributed by atoms with Crippen molar-refractivity contribution >= 4 is 0 Å². The summed E-state index contributed by atoms with van der Waals surface area (Å²) in [5, 5.41) is 8.60. The highest BCUT2D eigenvalue weighted by Gasteiger charge is 2.38. The van der Waals surface area contributed by atoms with Gasteiger partial charge in [-0.2, -0.15) is 0 Å². The van der Waals surface area contributed by atoms with Gasteiger partial charge in [0.05, 0.1) is 0 Å². The number of fused-ring (bicyclic) bond motifs is 2. The zero-order chi connectivity index (χ0) is 29.4. The Morgan fingerprint density at radius 3 is 0.884 bits per heavy atom. The summed E-state index contributed by atoms with van der Waals surface area (Å²) < 4.78 is 0. The second kappa shape index (κ2) is 20.2. The minimum Gasteiger partial charge on any atom is -0.313 e. The third-order valence-electron chi connectivity index (χ3n) is 13.7. The van der Waals surface area contributed by atoms with Crippen LogP contribution in [0.2, 0.25) is 0 Å². The molecule has 5 aliphatic rings. The largest absolute Gasteiger partial charge is 0.313 e. The van der Waals surface area contributed by atoms with Gasteiger partial charge in [0.2, 0.25) is 0 Å². The fourth-order valence-corrected chi connectivity index (χ4v) is 11.3. The van der Waals surface area contributed by atoms with Gasteiger partial charge >= 0.3 is 0 Å². The van der Waals surface area contributed by atoms with Crippen molar-refractivity contribution in [2.45, 2.75) is 211 Å². The molecule has 0 spiro atoms. The third-order valence-corrected chi connectivity index (χ3v) is 13.7. The van der Waals surface area contributed by atoms with E-state index in [0.717, 1.165) is 47.6 Å². The highest BCUT2D eigenvalue weighted by Crippen LogP contribution is 2.43. The average Bonchev–Trinajstić information content (AvgIpc) is 3.12. The van der Waals surface area contributed by atoms with Crippen LogP contribution in [-0.2, 0) is 0 Å². The van der Waals surface area contributed by atoms with E-state index in [1.807, 2.05) is 0 Å². The molecule has 0 radical (unpaired) electrons. The molecule has 0 amide bonds. The van der Waals surface area contributed by atoms with E-state index in [1.165, 1.54) is 186 Å². The molecule has 2 heteroatoms. The van der Waals surface area contributed by atoms with Crippen LogP contribution in [0, 0.1) is 35.5 Å². The van der Waals surface area contributed by atoms with E-state index in [2.05, 4.69) is 10.6 Å². The molecule has 5 fully saturated rings. The smallest absolute Gasteiger partial charge is 0.0126 e. The molecule has 2 heterocycles. The molecule has 3 saturated carbocycles. The Hall–Kier alpha value is -0.0800. The van der Waals surface area contributed by atoms with Gasteiger partial charge in [-0.15, -0.1) is 0 Å². The van der Waals surface area contributed by atoms with Gasteiger partial charge in [-0.25, -0.2) is 0 Å². The SMILES string of the molecule is C1CCCNC2C(CCC1)CCCCCCCC2C1CCCC(C2CCCCCCCC3CCCCCCNC32)CCC1. The van der Waals surface area contributed by atoms with Crippen LogP contribution in [0.25, 0.3) is 0 Å². The molecule has 0 aromatic heterocycles. The summed E-state index contributed by atoms with van der Waals surface area (Å²) in [7, 11) is 0. The van der Waals surface area contributed by atoms with Gasteiger partial charge < -0.3 is 10.6 Å². The van der Waals surface area contributed by atoms with Crippen LogP contribution in [0.1, 0.15) is 199 Å². The zero-order valence-corrected chi connectivity index (χ0v) is 29.0. The molecule has 5 rings (SSSR count). The van der Waals surface area contributed by atoms with Gasteiger partial charge in [-0.05, 0) is 100.0 Å². The van der Waals surface area contributed by atoms with Crippen LogP contribution in [0.3, 0.4) is 0 Å². The second-order valence-electron chi connectivity index (χ2n) is 16.6. The highest BCUT2D eigenvalue weighted by molar-refractivity contribution is 4.92. The van der Waals surface area contributed by atoms with Crippen molar-refractivity contribution in [3.63, 3.8) is 0 Å². The molecule has 2 N–H and O–H groups in total. The Morgan fingerprint density at radius 1 is 0.233 bits per heavy atom. The summed E-state index contributed by atoms with van der Waals surface area (Å²) in [4.78, 5) is 0. The molecule has 3 aliphatic carbocycles. The van der Waals surface area contributed by atoms with E-state index in [9.17, 15) is 0 Å². The van der Waals surface area contributed by atoms with Crippen LogP contribution in [0.4, 0.5) is 0 Å². The maximum absolute atomic E-state index is 4.31. The first kappa shape index (κ1) is 34.3. The quantitative estimate of drug-likeness (QED) is 0.331. The van der Waals surface area contributed by atoms with E-state index in [0.29, 0.717) is 0 Å². The molecule has 6 unspecified atom stereocenters. The molecular formula is C41H76N2. The molecule has 2 aliphatic heterocycles. The first-order valence-electron chi connectivity index (χ1n) is 20.9. The van der Waals surface area contributed by atoms with Gasteiger partial charge in [-0.3, -0.25) is 0 Å². The minimum atomic E-state index is 0.818. The lowest BCUT2D eigenvalue weighted by Crippen LogP contribution is -2.47. The van der Waals surface area contributed by atoms with E-state index in [-0.39, 0.29) is 0 Å². The van der Waals surface area contributed by atoms with Crippen LogP contribution in [-0.4, -0.2) is 25.2 Å². The van der Waals surface area contributed by atoms with Crippen molar-refractivity contribution < 1.29 is 0 Å². The maximum Gasteiger partial charge on any atom is 0.0126 e.